The predicted octanol–water partition coefficient (Wildman–Crippen LogP) is 2.16. The molecule has 3 N–H and O–H groups in total. The molecule has 1 saturated heterocycles. The van der Waals surface area contributed by atoms with Crippen LogP contribution in [0.3, 0.4) is 0 Å². The van der Waals surface area contributed by atoms with E-state index in [0.29, 0.717) is 18.1 Å². The van der Waals surface area contributed by atoms with Crippen molar-refractivity contribution in [3.05, 3.63) is 0 Å². The summed E-state index contributed by atoms with van der Waals surface area (Å²) in [6, 6.07) is 2.01. The van der Waals surface area contributed by atoms with Crippen molar-refractivity contribution in [2.45, 2.75) is 89.6 Å². The summed E-state index contributed by atoms with van der Waals surface area (Å²) in [7, 11) is 0. The van der Waals surface area contributed by atoms with Gasteiger partial charge in [0.15, 0.2) is 0 Å². The summed E-state index contributed by atoms with van der Waals surface area (Å²) in [5, 5.41) is 10.1. The van der Waals surface area contributed by atoms with Crippen LogP contribution in [0.25, 0.3) is 0 Å². The fraction of sp³-hybridized carbons (Fsp3) is 0.938. The molecule has 0 spiro atoms. The van der Waals surface area contributed by atoms with Crippen LogP contribution in [0.1, 0.15) is 59.8 Å². The summed E-state index contributed by atoms with van der Waals surface area (Å²) < 4.78 is 5.27. The second-order valence-corrected chi connectivity index (χ2v) is 7.61. The molecule has 0 radical (unpaired) electrons. The van der Waals surface area contributed by atoms with E-state index in [1.54, 1.807) is 0 Å². The lowest BCUT2D eigenvalue weighted by molar-refractivity contribution is 0.0463. The molecule has 1 amide bonds. The van der Waals surface area contributed by atoms with Crippen LogP contribution in [-0.4, -0.2) is 42.4 Å². The molecule has 0 bridgehead atoms. The lowest BCUT2D eigenvalue weighted by Gasteiger charge is -2.38. The zero-order valence-electron chi connectivity index (χ0n) is 13.9. The number of amides is 1. The van der Waals surface area contributed by atoms with Gasteiger partial charge in [-0.1, -0.05) is 0 Å². The lowest BCUT2D eigenvalue weighted by Crippen LogP contribution is -2.55. The highest BCUT2D eigenvalue weighted by molar-refractivity contribution is 5.68. The summed E-state index contributed by atoms with van der Waals surface area (Å²) in [5.41, 5.74) is -0.422. The molecular weight excluding hydrogens is 266 g/mol. The van der Waals surface area contributed by atoms with Crippen molar-refractivity contribution in [2.24, 2.45) is 0 Å². The zero-order chi connectivity index (χ0) is 15.5. The van der Waals surface area contributed by atoms with Crippen molar-refractivity contribution < 1.29 is 9.53 Å². The third-order valence-electron chi connectivity index (χ3n) is 4.18. The molecule has 5 heteroatoms. The van der Waals surface area contributed by atoms with Crippen molar-refractivity contribution in [1.29, 1.82) is 0 Å². The first-order chi connectivity index (χ1) is 9.82. The van der Waals surface area contributed by atoms with E-state index in [1.165, 1.54) is 25.8 Å². The average Bonchev–Trinajstić information content (AvgIpc) is 2.76. The zero-order valence-corrected chi connectivity index (χ0v) is 13.9. The van der Waals surface area contributed by atoms with Crippen LogP contribution < -0.4 is 16.0 Å². The molecule has 2 fully saturated rings. The Morgan fingerprint density at radius 1 is 1.33 bits per heavy atom. The third-order valence-corrected chi connectivity index (χ3v) is 4.18. The molecule has 21 heavy (non-hydrogen) atoms. The van der Waals surface area contributed by atoms with Crippen molar-refractivity contribution >= 4 is 6.09 Å². The minimum absolute atomic E-state index is 0.258. The Kier molecular flexibility index (Phi) is 5.49. The Morgan fingerprint density at radius 3 is 2.62 bits per heavy atom. The molecule has 1 heterocycles. The van der Waals surface area contributed by atoms with Gasteiger partial charge in [-0.3, -0.25) is 0 Å². The number of nitrogens with one attached hydrogen (secondary N) is 3. The van der Waals surface area contributed by atoms with Crippen LogP contribution in [0.15, 0.2) is 0 Å². The van der Waals surface area contributed by atoms with Gasteiger partial charge in [-0.25, -0.2) is 4.79 Å². The van der Waals surface area contributed by atoms with E-state index in [4.69, 9.17) is 4.74 Å². The van der Waals surface area contributed by atoms with E-state index in [1.807, 2.05) is 20.8 Å². The standard InChI is InChI=1S/C16H31N3O2/c1-11(8-12-6-5-7-17-12)18-13-9-14(10-13)19-15(20)21-16(2,3)4/h11-14,17-18H,5-10H2,1-4H3,(H,19,20). The van der Waals surface area contributed by atoms with Gasteiger partial charge in [0.25, 0.3) is 0 Å². The highest BCUT2D eigenvalue weighted by Gasteiger charge is 2.32. The Morgan fingerprint density at radius 2 is 2.05 bits per heavy atom. The number of ether oxygens (including phenoxy) is 1. The van der Waals surface area contributed by atoms with E-state index in [2.05, 4.69) is 22.9 Å². The number of carbonyl (C=O) groups excluding carboxylic acids is 1. The normalized spacial score (nSPS) is 30.6. The molecule has 2 atom stereocenters. The van der Waals surface area contributed by atoms with E-state index < -0.39 is 5.60 Å². The summed E-state index contributed by atoms with van der Waals surface area (Å²) in [6.07, 6.45) is 5.51. The van der Waals surface area contributed by atoms with E-state index in [0.717, 1.165) is 12.8 Å². The van der Waals surface area contributed by atoms with Crippen LogP contribution >= 0.6 is 0 Å². The number of hydrogen-bond donors (Lipinski definition) is 3. The van der Waals surface area contributed by atoms with Gasteiger partial charge in [0, 0.05) is 24.2 Å². The van der Waals surface area contributed by atoms with Gasteiger partial charge in [0.2, 0.25) is 0 Å². The topological polar surface area (TPSA) is 62.4 Å². The van der Waals surface area contributed by atoms with Crippen molar-refractivity contribution in [1.82, 2.24) is 16.0 Å². The van der Waals surface area contributed by atoms with Gasteiger partial charge >= 0.3 is 6.09 Å². The molecule has 122 valence electrons. The van der Waals surface area contributed by atoms with E-state index in [-0.39, 0.29) is 12.1 Å². The minimum atomic E-state index is -0.422. The molecule has 2 aliphatic rings. The number of carbonyl (C=O) groups is 1. The SMILES string of the molecule is CC(CC1CCCN1)NC1CC(NC(=O)OC(C)(C)C)C1. The lowest BCUT2D eigenvalue weighted by atomic mass is 9.86. The highest BCUT2D eigenvalue weighted by Crippen LogP contribution is 2.22. The highest BCUT2D eigenvalue weighted by atomic mass is 16.6. The van der Waals surface area contributed by atoms with Gasteiger partial charge in [-0.05, 0) is 66.3 Å². The predicted molar refractivity (Wildman–Crippen MR) is 84.4 cm³/mol. The van der Waals surface area contributed by atoms with Crippen LogP contribution in [0.2, 0.25) is 0 Å². The van der Waals surface area contributed by atoms with Crippen molar-refractivity contribution in [3.63, 3.8) is 0 Å². The Balaban J connectivity index is 1.57. The quantitative estimate of drug-likeness (QED) is 0.728. The molecule has 0 aromatic heterocycles. The van der Waals surface area contributed by atoms with E-state index in [9.17, 15) is 4.79 Å². The maximum absolute atomic E-state index is 11.7. The molecule has 5 nitrogen and oxygen atoms in total. The molecule has 1 aliphatic heterocycles. The minimum Gasteiger partial charge on any atom is -0.444 e. The van der Waals surface area contributed by atoms with Gasteiger partial charge in [0.1, 0.15) is 5.60 Å². The largest absolute Gasteiger partial charge is 0.444 e. The molecule has 2 unspecified atom stereocenters. The monoisotopic (exact) mass is 297 g/mol. The Labute approximate surface area is 128 Å². The van der Waals surface area contributed by atoms with Gasteiger partial charge in [-0.2, -0.15) is 0 Å². The van der Waals surface area contributed by atoms with E-state index >= 15 is 0 Å². The summed E-state index contributed by atoms with van der Waals surface area (Å²) in [4.78, 5) is 11.7. The first kappa shape index (κ1) is 16.6. The van der Waals surface area contributed by atoms with Gasteiger partial charge in [-0.15, -0.1) is 0 Å². The van der Waals surface area contributed by atoms with Gasteiger partial charge < -0.3 is 20.7 Å². The number of alkyl carbamates (subject to hydrolysis) is 1. The Bertz CT molecular complexity index is 342. The molecule has 2 rings (SSSR count). The van der Waals surface area contributed by atoms with Crippen molar-refractivity contribution in [2.75, 3.05) is 6.54 Å². The first-order valence-corrected chi connectivity index (χ1v) is 8.31. The molecule has 1 saturated carbocycles. The Hall–Kier alpha value is -0.810. The third kappa shape index (κ3) is 5.83. The van der Waals surface area contributed by atoms with Crippen LogP contribution in [0.5, 0.6) is 0 Å². The van der Waals surface area contributed by atoms with Crippen LogP contribution in [0, 0.1) is 0 Å². The number of hydrogen-bond acceptors (Lipinski definition) is 4. The summed E-state index contributed by atoms with van der Waals surface area (Å²) in [6.45, 7) is 9.08. The molecular formula is C16H31N3O2. The fourth-order valence-electron chi connectivity index (χ4n) is 3.20. The average molecular weight is 297 g/mol. The van der Waals surface area contributed by atoms with Gasteiger partial charge in [0.05, 0.1) is 0 Å². The summed E-state index contributed by atoms with van der Waals surface area (Å²) in [5.74, 6) is 0. The van der Waals surface area contributed by atoms with Crippen LogP contribution in [0.4, 0.5) is 4.79 Å². The number of rotatable bonds is 5. The van der Waals surface area contributed by atoms with Crippen molar-refractivity contribution in [3.8, 4) is 0 Å². The van der Waals surface area contributed by atoms with Crippen LogP contribution in [-0.2, 0) is 4.74 Å². The molecule has 1 aliphatic carbocycles. The molecule has 0 aromatic rings. The fourth-order valence-corrected chi connectivity index (χ4v) is 3.20. The maximum atomic E-state index is 11.7. The smallest absolute Gasteiger partial charge is 0.407 e. The second-order valence-electron chi connectivity index (χ2n) is 7.61. The summed E-state index contributed by atoms with van der Waals surface area (Å²) >= 11 is 0. The molecule has 0 aromatic carbocycles. The first-order valence-electron chi connectivity index (χ1n) is 8.31. The second kappa shape index (κ2) is 6.97. The maximum Gasteiger partial charge on any atom is 0.407 e.